The molecule has 3 nitrogen and oxygen atoms in total. The molecule has 3 rings (SSSR count). The van der Waals surface area contributed by atoms with Crippen LogP contribution in [0.1, 0.15) is 38.5 Å². The SMILES string of the molecule is O=C(NCC1(CN2CCCC2)CC1)C1CC=CC1. The number of likely N-dealkylation sites (tertiary alicyclic amines) is 1. The van der Waals surface area contributed by atoms with E-state index in [4.69, 9.17) is 0 Å². The van der Waals surface area contributed by atoms with Crippen LogP contribution in [-0.4, -0.2) is 37.0 Å². The van der Waals surface area contributed by atoms with E-state index in [9.17, 15) is 4.79 Å². The van der Waals surface area contributed by atoms with Gasteiger partial charge in [-0.1, -0.05) is 12.2 Å². The summed E-state index contributed by atoms with van der Waals surface area (Å²) < 4.78 is 0. The third kappa shape index (κ3) is 2.77. The summed E-state index contributed by atoms with van der Waals surface area (Å²) in [5.41, 5.74) is 0.423. The highest BCUT2D eigenvalue weighted by Crippen LogP contribution is 2.46. The smallest absolute Gasteiger partial charge is 0.223 e. The van der Waals surface area contributed by atoms with E-state index >= 15 is 0 Å². The van der Waals surface area contributed by atoms with E-state index in [-0.39, 0.29) is 11.8 Å². The van der Waals surface area contributed by atoms with Crippen molar-refractivity contribution in [2.75, 3.05) is 26.2 Å². The number of amides is 1. The van der Waals surface area contributed by atoms with Crippen molar-refractivity contribution < 1.29 is 4.79 Å². The van der Waals surface area contributed by atoms with Crippen LogP contribution in [0.4, 0.5) is 0 Å². The molecule has 18 heavy (non-hydrogen) atoms. The van der Waals surface area contributed by atoms with Crippen molar-refractivity contribution in [1.82, 2.24) is 10.2 Å². The van der Waals surface area contributed by atoms with Crippen LogP contribution in [0, 0.1) is 11.3 Å². The van der Waals surface area contributed by atoms with E-state index in [1.165, 1.54) is 45.3 Å². The summed E-state index contributed by atoms with van der Waals surface area (Å²) in [5.74, 6) is 0.486. The van der Waals surface area contributed by atoms with E-state index in [2.05, 4.69) is 22.4 Å². The lowest BCUT2D eigenvalue weighted by Crippen LogP contribution is -2.39. The minimum Gasteiger partial charge on any atom is -0.355 e. The topological polar surface area (TPSA) is 32.3 Å². The molecule has 2 aliphatic carbocycles. The third-order valence-electron chi connectivity index (χ3n) is 4.73. The lowest BCUT2D eigenvalue weighted by molar-refractivity contribution is -0.124. The normalized spacial score (nSPS) is 26.7. The molecule has 1 heterocycles. The van der Waals surface area contributed by atoms with Gasteiger partial charge in [-0.05, 0) is 51.6 Å². The molecule has 0 aromatic heterocycles. The van der Waals surface area contributed by atoms with Crippen LogP contribution in [0.25, 0.3) is 0 Å². The molecule has 1 N–H and O–H groups in total. The maximum Gasteiger partial charge on any atom is 0.223 e. The number of carbonyl (C=O) groups is 1. The monoisotopic (exact) mass is 248 g/mol. The first-order chi connectivity index (χ1) is 8.77. The van der Waals surface area contributed by atoms with E-state index in [0.29, 0.717) is 5.41 Å². The molecule has 0 spiro atoms. The number of rotatable bonds is 5. The molecule has 0 aromatic rings. The standard InChI is InChI=1S/C15H24N2O/c18-14(13-5-1-2-6-13)16-11-15(7-8-15)12-17-9-3-4-10-17/h1-2,13H,3-12H2,(H,16,18). The number of hydrogen-bond donors (Lipinski definition) is 1. The molecule has 1 saturated carbocycles. The summed E-state index contributed by atoms with van der Waals surface area (Å²) in [4.78, 5) is 14.6. The molecule has 100 valence electrons. The number of allylic oxidation sites excluding steroid dienone is 2. The quantitative estimate of drug-likeness (QED) is 0.754. The summed E-state index contributed by atoms with van der Waals surface area (Å²) in [6.07, 6.45) is 11.4. The molecule has 0 atom stereocenters. The van der Waals surface area contributed by atoms with E-state index < -0.39 is 0 Å². The second-order valence-corrected chi connectivity index (χ2v) is 6.34. The molecular weight excluding hydrogens is 224 g/mol. The van der Waals surface area contributed by atoms with E-state index in [1.54, 1.807) is 0 Å². The fourth-order valence-corrected chi connectivity index (χ4v) is 3.23. The molecule has 3 heteroatoms. The van der Waals surface area contributed by atoms with Gasteiger partial charge in [0.25, 0.3) is 0 Å². The maximum absolute atomic E-state index is 12.0. The second kappa shape index (κ2) is 5.04. The average molecular weight is 248 g/mol. The number of nitrogens with zero attached hydrogens (tertiary/aromatic N) is 1. The molecule has 0 bridgehead atoms. The molecule has 2 fully saturated rings. The number of nitrogens with one attached hydrogen (secondary N) is 1. The van der Waals surface area contributed by atoms with Crippen molar-refractivity contribution in [2.24, 2.45) is 11.3 Å². The maximum atomic E-state index is 12.0. The van der Waals surface area contributed by atoms with Crippen molar-refractivity contribution in [3.63, 3.8) is 0 Å². The van der Waals surface area contributed by atoms with Crippen LogP contribution in [0.15, 0.2) is 12.2 Å². The van der Waals surface area contributed by atoms with Crippen molar-refractivity contribution in [3.8, 4) is 0 Å². The summed E-state index contributed by atoms with van der Waals surface area (Å²) in [5, 5.41) is 3.20. The molecule has 1 aliphatic heterocycles. The lowest BCUT2D eigenvalue weighted by Gasteiger charge is -2.23. The van der Waals surface area contributed by atoms with Crippen molar-refractivity contribution in [1.29, 1.82) is 0 Å². The molecule has 0 unspecified atom stereocenters. The first-order valence-corrected chi connectivity index (χ1v) is 7.43. The van der Waals surface area contributed by atoms with Gasteiger partial charge in [0, 0.05) is 24.4 Å². The highest BCUT2D eigenvalue weighted by molar-refractivity contribution is 5.79. The van der Waals surface area contributed by atoms with Gasteiger partial charge >= 0.3 is 0 Å². The minimum absolute atomic E-state index is 0.215. The van der Waals surface area contributed by atoms with E-state index in [1.807, 2.05) is 0 Å². The van der Waals surface area contributed by atoms with Crippen LogP contribution >= 0.6 is 0 Å². The van der Waals surface area contributed by atoms with Gasteiger partial charge < -0.3 is 10.2 Å². The van der Waals surface area contributed by atoms with E-state index in [0.717, 1.165) is 19.4 Å². The lowest BCUT2D eigenvalue weighted by atomic mass is 10.0. The largest absolute Gasteiger partial charge is 0.355 e. The summed E-state index contributed by atoms with van der Waals surface area (Å²) >= 11 is 0. The Morgan fingerprint density at radius 1 is 1.22 bits per heavy atom. The summed E-state index contributed by atoms with van der Waals surface area (Å²) in [6, 6.07) is 0. The van der Waals surface area contributed by atoms with Crippen LogP contribution in [0.3, 0.4) is 0 Å². The second-order valence-electron chi connectivity index (χ2n) is 6.34. The van der Waals surface area contributed by atoms with Crippen LogP contribution in [0.5, 0.6) is 0 Å². The third-order valence-corrected chi connectivity index (χ3v) is 4.73. The zero-order valence-electron chi connectivity index (χ0n) is 11.2. The highest BCUT2D eigenvalue weighted by Gasteiger charge is 2.44. The number of hydrogen-bond acceptors (Lipinski definition) is 2. The van der Waals surface area contributed by atoms with Crippen LogP contribution < -0.4 is 5.32 Å². The van der Waals surface area contributed by atoms with Crippen LogP contribution in [0.2, 0.25) is 0 Å². The predicted octanol–water partition coefficient (Wildman–Crippen LogP) is 1.94. The average Bonchev–Trinajstić information content (AvgIpc) is 2.84. The Bertz CT molecular complexity index is 332. The summed E-state index contributed by atoms with van der Waals surface area (Å²) in [7, 11) is 0. The highest BCUT2D eigenvalue weighted by atomic mass is 16.1. The number of carbonyl (C=O) groups excluding carboxylic acids is 1. The molecular formula is C15H24N2O. The van der Waals surface area contributed by atoms with Crippen molar-refractivity contribution >= 4 is 5.91 Å². The Labute approximate surface area is 110 Å². The minimum atomic E-state index is 0.215. The van der Waals surface area contributed by atoms with Gasteiger partial charge in [0.2, 0.25) is 5.91 Å². The molecule has 1 amide bonds. The van der Waals surface area contributed by atoms with Gasteiger partial charge in [0.1, 0.15) is 0 Å². The predicted molar refractivity (Wildman–Crippen MR) is 72.2 cm³/mol. The fraction of sp³-hybridized carbons (Fsp3) is 0.800. The first kappa shape index (κ1) is 12.2. The van der Waals surface area contributed by atoms with Crippen LogP contribution in [-0.2, 0) is 4.79 Å². The van der Waals surface area contributed by atoms with Gasteiger partial charge in [0.05, 0.1) is 0 Å². The van der Waals surface area contributed by atoms with Crippen molar-refractivity contribution in [3.05, 3.63) is 12.2 Å². The summed E-state index contributed by atoms with van der Waals surface area (Å²) in [6.45, 7) is 4.64. The molecule has 0 aromatic carbocycles. The van der Waals surface area contributed by atoms with Crippen molar-refractivity contribution in [2.45, 2.75) is 38.5 Å². The van der Waals surface area contributed by atoms with Gasteiger partial charge in [-0.2, -0.15) is 0 Å². The Hall–Kier alpha value is -0.830. The Balaban J connectivity index is 1.43. The fourth-order valence-electron chi connectivity index (χ4n) is 3.23. The molecule has 0 radical (unpaired) electrons. The van der Waals surface area contributed by atoms with Gasteiger partial charge in [-0.25, -0.2) is 0 Å². The van der Waals surface area contributed by atoms with Gasteiger partial charge in [0.15, 0.2) is 0 Å². The zero-order valence-corrected chi connectivity index (χ0v) is 11.2. The zero-order chi connectivity index (χ0) is 12.4. The van der Waals surface area contributed by atoms with Gasteiger partial charge in [-0.3, -0.25) is 4.79 Å². The molecule has 3 aliphatic rings. The Morgan fingerprint density at radius 3 is 2.50 bits per heavy atom. The molecule has 1 saturated heterocycles. The van der Waals surface area contributed by atoms with Gasteiger partial charge in [-0.15, -0.1) is 0 Å². The first-order valence-electron chi connectivity index (χ1n) is 7.43. The Kier molecular flexibility index (Phi) is 3.42. The Morgan fingerprint density at radius 2 is 1.89 bits per heavy atom.